The second-order valence-corrected chi connectivity index (χ2v) is 4.78. The molecule has 2 nitrogen and oxygen atoms in total. The molecule has 0 heterocycles. The fourth-order valence-corrected chi connectivity index (χ4v) is 1.74. The number of carbonyl (C=O) groups is 1. The summed E-state index contributed by atoms with van der Waals surface area (Å²) in [4.78, 5) is 12.0. The van der Waals surface area contributed by atoms with E-state index < -0.39 is 0 Å². The van der Waals surface area contributed by atoms with Crippen molar-refractivity contribution in [2.75, 3.05) is 6.61 Å². The summed E-state index contributed by atoms with van der Waals surface area (Å²) < 4.78 is 5.33. The summed E-state index contributed by atoms with van der Waals surface area (Å²) in [6.45, 7) is 6.69. The first-order valence-electron chi connectivity index (χ1n) is 6.36. The Hall–Kier alpha value is -1.31. The van der Waals surface area contributed by atoms with Crippen LogP contribution in [0.15, 0.2) is 30.3 Å². The van der Waals surface area contributed by atoms with Crippen LogP contribution in [0.1, 0.15) is 45.1 Å². The van der Waals surface area contributed by atoms with E-state index in [9.17, 15) is 4.79 Å². The van der Waals surface area contributed by atoms with Crippen molar-refractivity contribution in [2.45, 2.75) is 39.5 Å². The van der Waals surface area contributed by atoms with Gasteiger partial charge in [0.25, 0.3) is 0 Å². The highest BCUT2D eigenvalue weighted by molar-refractivity contribution is 5.78. The molecule has 0 amide bonds. The number of hydrogen-bond acceptors (Lipinski definition) is 2. The third kappa shape index (κ3) is 4.59. The Kier molecular flexibility index (Phi) is 5.75. The molecular weight excluding hydrogens is 212 g/mol. The molecule has 0 aliphatic rings. The third-order valence-corrected chi connectivity index (χ3v) is 2.62. The van der Waals surface area contributed by atoms with E-state index >= 15 is 0 Å². The lowest BCUT2D eigenvalue weighted by atomic mass is 9.95. The number of benzene rings is 1. The van der Waals surface area contributed by atoms with Gasteiger partial charge in [0.05, 0.1) is 12.5 Å². The summed E-state index contributed by atoms with van der Waals surface area (Å²) in [6.07, 6.45) is 1.83. The van der Waals surface area contributed by atoms with Crippen molar-refractivity contribution >= 4 is 5.97 Å². The lowest BCUT2D eigenvalue weighted by Crippen LogP contribution is -2.18. The normalized spacial score (nSPS) is 12.5. The molecule has 1 unspecified atom stereocenters. The van der Waals surface area contributed by atoms with Crippen molar-refractivity contribution in [1.29, 1.82) is 0 Å². The van der Waals surface area contributed by atoms with Crippen LogP contribution in [0.2, 0.25) is 0 Å². The average molecular weight is 234 g/mol. The van der Waals surface area contributed by atoms with Gasteiger partial charge in [-0.25, -0.2) is 0 Å². The number of rotatable bonds is 6. The van der Waals surface area contributed by atoms with Crippen molar-refractivity contribution in [3.8, 4) is 0 Å². The Bertz CT molecular complexity index is 330. The van der Waals surface area contributed by atoms with Gasteiger partial charge in [-0.3, -0.25) is 4.79 Å². The van der Waals surface area contributed by atoms with Crippen molar-refractivity contribution < 1.29 is 9.53 Å². The molecule has 0 aromatic heterocycles. The minimum absolute atomic E-state index is 0.0910. The van der Waals surface area contributed by atoms with Gasteiger partial charge in [-0.2, -0.15) is 0 Å². The number of ether oxygens (including phenoxy) is 1. The molecule has 0 saturated carbocycles. The first kappa shape index (κ1) is 13.8. The molecule has 0 saturated heterocycles. The number of hydrogen-bond donors (Lipinski definition) is 0. The zero-order valence-electron chi connectivity index (χ0n) is 11.0. The average Bonchev–Trinajstić information content (AvgIpc) is 2.34. The lowest BCUT2D eigenvalue weighted by Gasteiger charge is -2.16. The molecule has 0 fully saturated rings. The monoisotopic (exact) mass is 234 g/mol. The largest absolute Gasteiger partial charge is 0.465 e. The number of carbonyl (C=O) groups excluding carboxylic acids is 1. The van der Waals surface area contributed by atoms with E-state index in [2.05, 4.69) is 6.92 Å². The third-order valence-electron chi connectivity index (χ3n) is 2.62. The van der Waals surface area contributed by atoms with Crippen molar-refractivity contribution in [1.82, 2.24) is 0 Å². The van der Waals surface area contributed by atoms with Crippen LogP contribution in [0.3, 0.4) is 0 Å². The van der Waals surface area contributed by atoms with Gasteiger partial charge in [0.1, 0.15) is 0 Å². The zero-order valence-corrected chi connectivity index (χ0v) is 11.0. The first-order chi connectivity index (χ1) is 8.15. The van der Waals surface area contributed by atoms with E-state index in [1.165, 1.54) is 0 Å². The quantitative estimate of drug-likeness (QED) is 0.700. The standard InChI is InChI=1S/C15H22O2/c1-4-8-14(13-9-6-5-7-10-13)15(16)17-11-12(2)3/h5-7,9-10,12,14H,4,8,11H2,1-3H3. The molecule has 1 aromatic carbocycles. The molecule has 1 atom stereocenters. The van der Waals surface area contributed by atoms with Crippen molar-refractivity contribution in [2.24, 2.45) is 5.92 Å². The molecule has 0 aliphatic carbocycles. The Morgan fingerprint density at radius 3 is 2.41 bits per heavy atom. The maximum Gasteiger partial charge on any atom is 0.313 e. The SMILES string of the molecule is CCCC(C(=O)OCC(C)C)c1ccccc1. The van der Waals surface area contributed by atoms with E-state index in [0.29, 0.717) is 12.5 Å². The van der Waals surface area contributed by atoms with Gasteiger partial charge in [0.15, 0.2) is 0 Å². The Labute approximate surface area is 104 Å². The summed E-state index contributed by atoms with van der Waals surface area (Å²) in [5.41, 5.74) is 1.06. The lowest BCUT2D eigenvalue weighted by molar-refractivity contribution is -0.146. The van der Waals surface area contributed by atoms with Crippen LogP contribution in [-0.4, -0.2) is 12.6 Å². The minimum Gasteiger partial charge on any atom is -0.465 e. The predicted octanol–water partition coefficient (Wildman–Crippen LogP) is 3.77. The fraction of sp³-hybridized carbons (Fsp3) is 0.533. The Morgan fingerprint density at radius 1 is 1.24 bits per heavy atom. The molecule has 0 radical (unpaired) electrons. The first-order valence-corrected chi connectivity index (χ1v) is 6.36. The van der Waals surface area contributed by atoms with Gasteiger partial charge >= 0.3 is 5.97 Å². The molecule has 17 heavy (non-hydrogen) atoms. The molecule has 2 heteroatoms. The van der Waals surface area contributed by atoms with Gasteiger partial charge < -0.3 is 4.74 Å². The summed E-state index contributed by atoms with van der Waals surface area (Å²) in [7, 11) is 0. The van der Waals surface area contributed by atoms with Crippen LogP contribution in [0, 0.1) is 5.92 Å². The second kappa shape index (κ2) is 7.10. The van der Waals surface area contributed by atoms with E-state index in [1.54, 1.807) is 0 Å². The van der Waals surface area contributed by atoms with Crippen LogP contribution in [-0.2, 0) is 9.53 Å². The van der Waals surface area contributed by atoms with E-state index in [4.69, 9.17) is 4.74 Å². The van der Waals surface area contributed by atoms with Gasteiger partial charge in [-0.1, -0.05) is 57.5 Å². The zero-order chi connectivity index (χ0) is 12.7. The molecule has 1 aromatic rings. The van der Waals surface area contributed by atoms with Crippen molar-refractivity contribution in [3.05, 3.63) is 35.9 Å². The van der Waals surface area contributed by atoms with Gasteiger partial charge in [-0.05, 0) is 17.9 Å². The van der Waals surface area contributed by atoms with Gasteiger partial charge in [-0.15, -0.1) is 0 Å². The fourth-order valence-electron chi connectivity index (χ4n) is 1.74. The van der Waals surface area contributed by atoms with Crippen LogP contribution in [0.4, 0.5) is 0 Å². The molecular formula is C15H22O2. The van der Waals surface area contributed by atoms with Crippen LogP contribution in [0.25, 0.3) is 0 Å². The summed E-state index contributed by atoms with van der Waals surface area (Å²) in [5, 5.41) is 0. The minimum atomic E-state index is -0.111. The molecule has 94 valence electrons. The van der Waals surface area contributed by atoms with Crippen LogP contribution < -0.4 is 0 Å². The maximum absolute atomic E-state index is 12.0. The van der Waals surface area contributed by atoms with Gasteiger partial charge in [0, 0.05) is 0 Å². The van der Waals surface area contributed by atoms with Gasteiger partial charge in [0.2, 0.25) is 0 Å². The Morgan fingerprint density at radius 2 is 1.88 bits per heavy atom. The molecule has 0 N–H and O–H groups in total. The number of esters is 1. The smallest absolute Gasteiger partial charge is 0.313 e. The highest BCUT2D eigenvalue weighted by Gasteiger charge is 2.21. The summed E-state index contributed by atoms with van der Waals surface area (Å²) >= 11 is 0. The summed E-state index contributed by atoms with van der Waals surface area (Å²) in [6, 6.07) is 9.89. The van der Waals surface area contributed by atoms with Crippen LogP contribution >= 0.6 is 0 Å². The van der Waals surface area contributed by atoms with E-state index in [-0.39, 0.29) is 11.9 Å². The van der Waals surface area contributed by atoms with Crippen LogP contribution in [0.5, 0.6) is 0 Å². The molecule has 0 aliphatic heterocycles. The van der Waals surface area contributed by atoms with Crippen molar-refractivity contribution in [3.63, 3.8) is 0 Å². The second-order valence-electron chi connectivity index (χ2n) is 4.78. The molecule has 0 bridgehead atoms. The van der Waals surface area contributed by atoms with E-state index in [1.807, 2.05) is 44.2 Å². The topological polar surface area (TPSA) is 26.3 Å². The molecule has 0 spiro atoms. The predicted molar refractivity (Wildman–Crippen MR) is 69.9 cm³/mol. The Balaban J connectivity index is 2.69. The summed E-state index contributed by atoms with van der Waals surface area (Å²) in [5.74, 6) is 0.184. The highest BCUT2D eigenvalue weighted by atomic mass is 16.5. The highest BCUT2D eigenvalue weighted by Crippen LogP contribution is 2.22. The maximum atomic E-state index is 12.0. The van der Waals surface area contributed by atoms with E-state index in [0.717, 1.165) is 18.4 Å². The molecule has 1 rings (SSSR count).